The molecule has 1 aromatic carbocycles. The Labute approximate surface area is 329 Å². The molecule has 0 bridgehead atoms. The second-order valence-corrected chi connectivity index (χ2v) is 15.2. The van der Waals surface area contributed by atoms with Crippen LogP contribution in [0.5, 0.6) is 5.75 Å². The third-order valence-electron chi connectivity index (χ3n) is 6.23. The zero-order valence-corrected chi connectivity index (χ0v) is 34.5. The summed E-state index contributed by atoms with van der Waals surface area (Å²) in [4.78, 5) is 58.4. The average molecular weight is 874 g/mol. The van der Waals surface area contributed by atoms with Gasteiger partial charge in [0, 0.05) is 18.1 Å². The number of halogens is 1. The molecule has 17 nitrogen and oxygen atoms in total. The van der Waals surface area contributed by atoms with Crippen LogP contribution in [-0.2, 0) is 42.2 Å². The molecule has 0 spiro atoms. The Balaban J connectivity index is 0.00000972. The quantitative estimate of drug-likeness (QED) is 0.0403. The SMILES string of the molecule is C[n+]1cc(-c2ccc(OCC(O/N=C(\C(=O)O)c3nsc(NC(=O)OC(C)(C)C)n3)C(=O)OC(C)(C)C)cc2)cn1CCCNC(=O)OC(C)(C)C.[I-]. The van der Waals surface area contributed by atoms with Crippen LogP contribution < -0.4 is 44.0 Å². The summed E-state index contributed by atoms with van der Waals surface area (Å²) in [5.41, 5.74) is -1.08. The van der Waals surface area contributed by atoms with E-state index in [2.05, 4.69) is 25.1 Å². The Morgan fingerprint density at radius 3 is 2.11 bits per heavy atom. The summed E-state index contributed by atoms with van der Waals surface area (Å²) in [5, 5.41) is 18.6. The first-order valence-electron chi connectivity index (χ1n) is 16.4. The van der Waals surface area contributed by atoms with Crippen molar-refractivity contribution in [3.05, 3.63) is 42.5 Å². The summed E-state index contributed by atoms with van der Waals surface area (Å²) in [7, 11) is 1.92. The molecule has 0 radical (unpaired) electrons. The topological polar surface area (TPSA) is 206 Å². The summed E-state index contributed by atoms with van der Waals surface area (Å²) in [5.74, 6) is -2.34. The minimum absolute atomic E-state index is 0. The van der Waals surface area contributed by atoms with E-state index in [4.69, 9.17) is 23.8 Å². The van der Waals surface area contributed by atoms with Gasteiger partial charge in [0.2, 0.25) is 22.9 Å². The number of carbonyl (C=O) groups is 4. The Kier molecular flexibility index (Phi) is 16.0. The smallest absolute Gasteiger partial charge is 0.414 e. The highest BCUT2D eigenvalue weighted by atomic mass is 127. The van der Waals surface area contributed by atoms with Gasteiger partial charge in [0.1, 0.15) is 29.2 Å². The van der Waals surface area contributed by atoms with E-state index in [1.807, 2.05) is 61.7 Å². The van der Waals surface area contributed by atoms with Gasteiger partial charge < -0.3 is 58.2 Å². The molecule has 0 saturated heterocycles. The van der Waals surface area contributed by atoms with Crippen LogP contribution in [0.2, 0.25) is 0 Å². The number of ether oxygens (including phenoxy) is 4. The Bertz CT molecular complexity index is 1740. The summed E-state index contributed by atoms with van der Waals surface area (Å²) >= 11 is 0.704. The van der Waals surface area contributed by atoms with E-state index in [-0.39, 0.29) is 41.5 Å². The zero-order valence-electron chi connectivity index (χ0n) is 31.5. The van der Waals surface area contributed by atoms with Gasteiger partial charge in [-0.1, -0.05) is 17.3 Å². The number of hydrogen-bond acceptors (Lipinski definition) is 13. The van der Waals surface area contributed by atoms with E-state index in [1.54, 1.807) is 53.7 Å². The minimum Gasteiger partial charge on any atom is -1.00 e. The third kappa shape index (κ3) is 15.9. The van der Waals surface area contributed by atoms with Crippen molar-refractivity contribution in [2.45, 2.75) is 98.2 Å². The van der Waals surface area contributed by atoms with Crippen molar-refractivity contribution in [2.75, 3.05) is 18.5 Å². The van der Waals surface area contributed by atoms with Gasteiger partial charge in [0.15, 0.2) is 7.05 Å². The molecule has 53 heavy (non-hydrogen) atoms. The number of rotatable bonds is 14. The Morgan fingerprint density at radius 2 is 1.53 bits per heavy atom. The van der Waals surface area contributed by atoms with E-state index in [1.165, 1.54) is 0 Å². The number of benzene rings is 1. The normalized spacial score (nSPS) is 12.5. The van der Waals surface area contributed by atoms with Crippen LogP contribution in [0.3, 0.4) is 0 Å². The van der Waals surface area contributed by atoms with Gasteiger partial charge in [0.25, 0.3) is 6.10 Å². The van der Waals surface area contributed by atoms with Crippen molar-refractivity contribution < 1.29 is 76.7 Å². The number of hydrogen-bond donors (Lipinski definition) is 3. The molecule has 0 saturated carbocycles. The van der Waals surface area contributed by atoms with E-state index in [9.17, 15) is 24.3 Å². The van der Waals surface area contributed by atoms with Crippen molar-refractivity contribution >= 4 is 46.5 Å². The number of esters is 1. The maximum Gasteiger partial charge on any atom is 0.414 e. The largest absolute Gasteiger partial charge is 1.00 e. The number of anilines is 1. The summed E-state index contributed by atoms with van der Waals surface area (Å²) in [6.07, 6.45) is 1.93. The number of carboxylic acid groups (broad SMARTS) is 1. The Hall–Kier alpha value is -4.53. The molecule has 0 aliphatic heterocycles. The molecule has 0 aliphatic carbocycles. The van der Waals surface area contributed by atoms with E-state index in [0.717, 1.165) is 11.1 Å². The van der Waals surface area contributed by atoms with Gasteiger partial charge in [-0.25, -0.2) is 19.2 Å². The highest BCUT2D eigenvalue weighted by Crippen LogP contribution is 2.23. The van der Waals surface area contributed by atoms with Crippen LogP contribution in [-0.4, -0.2) is 85.0 Å². The lowest BCUT2D eigenvalue weighted by Crippen LogP contribution is -3.00. The number of aryl methyl sites for hydroxylation is 2. The second kappa shape index (κ2) is 19.0. The monoisotopic (exact) mass is 873 g/mol. The molecule has 3 N–H and O–H groups in total. The maximum absolute atomic E-state index is 13.0. The van der Waals surface area contributed by atoms with Crippen LogP contribution in [0.25, 0.3) is 11.1 Å². The minimum atomic E-state index is -1.54. The van der Waals surface area contributed by atoms with Crippen LogP contribution in [0, 0.1) is 0 Å². The highest BCUT2D eigenvalue weighted by Gasteiger charge is 2.30. The molecule has 292 valence electrons. The number of oxime groups is 1. The van der Waals surface area contributed by atoms with Crippen molar-refractivity contribution in [3.63, 3.8) is 0 Å². The number of nitrogens with zero attached hydrogens (tertiary/aromatic N) is 5. The second-order valence-electron chi connectivity index (χ2n) is 14.5. The lowest BCUT2D eigenvalue weighted by atomic mass is 10.1. The van der Waals surface area contributed by atoms with Gasteiger partial charge in [-0.05, 0) is 86.4 Å². The van der Waals surface area contributed by atoms with Crippen LogP contribution in [0.4, 0.5) is 14.7 Å². The molecule has 3 aromatic rings. The summed E-state index contributed by atoms with van der Waals surface area (Å²) in [6.45, 7) is 16.2. The van der Waals surface area contributed by atoms with Gasteiger partial charge in [0.05, 0.1) is 18.3 Å². The fourth-order valence-corrected chi connectivity index (χ4v) is 4.71. The molecule has 2 aromatic heterocycles. The standard InChI is InChI=1S/C34H47N7O10S.HI/c1-32(2,3)48-28(44)24(51-38-25(27(42)43)26-36-29(52-39-26)37-31(46)50-34(7,8)9)20-47-23-14-12-21(13-15-23)22-18-40(10)41(19-22)17-11-16-35-30(45)49-33(4,5)6;/h12-15,18-19,24H,11,16-17,20H2,1-10H3,(H2-,35,36,37,39,42,43,45,46);1H/b38-25-;. The summed E-state index contributed by atoms with van der Waals surface area (Å²) < 4.78 is 29.6. The van der Waals surface area contributed by atoms with Crippen molar-refractivity contribution in [2.24, 2.45) is 12.2 Å². The molecule has 3 rings (SSSR count). The molecular formula is C34H48IN7O10S. The first-order valence-corrected chi connectivity index (χ1v) is 17.2. The van der Waals surface area contributed by atoms with Gasteiger partial charge in [-0.2, -0.15) is 14.0 Å². The van der Waals surface area contributed by atoms with Crippen molar-refractivity contribution in [1.82, 2.24) is 19.4 Å². The maximum atomic E-state index is 13.0. The van der Waals surface area contributed by atoms with Crippen LogP contribution >= 0.6 is 11.5 Å². The number of nitrogens with one attached hydrogen (secondary N) is 2. The van der Waals surface area contributed by atoms with Crippen molar-refractivity contribution in [3.8, 4) is 16.9 Å². The number of carbonyl (C=O) groups excluding carboxylic acids is 3. The lowest BCUT2D eigenvalue weighted by molar-refractivity contribution is -0.753. The molecule has 1 atom stereocenters. The van der Waals surface area contributed by atoms with Crippen LogP contribution in [0.15, 0.2) is 41.8 Å². The molecule has 0 fully saturated rings. The molecule has 2 amide bonds. The predicted molar refractivity (Wildman–Crippen MR) is 190 cm³/mol. The van der Waals surface area contributed by atoms with Gasteiger partial charge in [-0.15, -0.1) is 4.68 Å². The first kappa shape index (κ1) is 44.6. The fraction of sp³-hybridized carbons (Fsp3) is 0.529. The molecule has 1 unspecified atom stereocenters. The average Bonchev–Trinajstić information content (AvgIpc) is 3.60. The van der Waals surface area contributed by atoms with Crippen molar-refractivity contribution in [1.29, 1.82) is 0 Å². The fourth-order valence-electron chi connectivity index (χ4n) is 4.16. The van der Waals surface area contributed by atoms with Crippen LogP contribution in [0.1, 0.15) is 74.6 Å². The number of aromatic nitrogens is 4. The highest BCUT2D eigenvalue weighted by molar-refractivity contribution is 7.10. The zero-order chi connectivity index (χ0) is 38.9. The molecule has 0 aliphatic rings. The molecule has 19 heteroatoms. The van der Waals surface area contributed by atoms with E-state index in [0.29, 0.717) is 36.8 Å². The Morgan fingerprint density at radius 1 is 0.925 bits per heavy atom. The number of amides is 2. The van der Waals surface area contributed by atoms with Gasteiger partial charge in [-0.3, -0.25) is 5.32 Å². The predicted octanol–water partition coefficient (Wildman–Crippen LogP) is 1.69. The van der Waals surface area contributed by atoms with E-state index >= 15 is 0 Å². The number of aliphatic carboxylic acids is 1. The molecule has 2 heterocycles. The first-order chi connectivity index (χ1) is 24.1. The van der Waals surface area contributed by atoms with E-state index < -0.39 is 52.7 Å². The van der Waals surface area contributed by atoms with Gasteiger partial charge >= 0.3 is 24.1 Å². The summed E-state index contributed by atoms with van der Waals surface area (Å²) in [6, 6.07) is 7.13. The molecular weight excluding hydrogens is 825 g/mol. The lowest BCUT2D eigenvalue weighted by Gasteiger charge is -2.23. The third-order valence-corrected chi connectivity index (χ3v) is 6.86. The number of alkyl carbamates (subject to hydrolysis) is 1. The number of carboxylic acids is 1.